The molecule has 0 spiro atoms. The van der Waals surface area contributed by atoms with Gasteiger partial charge in [0.15, 0.2) is 11.6 Å². The molecule has 4 aromatic carbocycles. The zero-order valence-corrected chi connectivity index (χ0v) is 17.0. The predicted molar refractivity (Wildman–Crippen MR) is 119 cm³/mol. The maximum absolute atomic E-state index is 11.5. The number of rotatable bonds is 7. The van der Waals surface area contributed by atoms with E-state index in [9.17, 15) is 9.59 Å². The summed E-state index contributed by atoms with van der Waals surface area (Å²) in [5.74, 6) is 1.64. The highest BCUT2D eigenvalue weighted by molar-refractivity contribution is 5.99. The van der Waals surface area contributed by atoms with Crippen LogP contribution in [0.4, 0.5) is 0 Å². The van der Waals surface area contributed by atoms with Crippen LogP contribution in [0.25, 0.3) is 21.5 Å². The zero-order chi connectivity index (χ0) is 21.1. The highest BCUT2D eigenvalue weighted by Gasteiger charge is 2.04. The van der Waals surface area contributed by atoms with Crippen molar-refractivity contribution in [1.29, 1.82) is 0 Å². The minimum absolute atomic E-state index is 0.0577. The van der Waals surface area contributed by atoms with Gasteiger partial charge in [-0.2, -0.15) is 0 Å². The monoisotopic (exact) mass is 398 g/mol. The van der Waals surface area contributed by atoms with Gasteiger partial charge in [-0.15, -0.1) is 0 Å². The first kappa shape index (κ1) is 19.6. The second kappa shape index (κ2) is 8.37. The topological polar surface area (TPSA) is 52.6 Å². The minimum Gasteiger partial charge on any atom is -0.490 e. The van der Waals surface area contributed by atoms with E-state index >= 15 is 0 Å². The fourth-order valence-corrected chi connectivity index (χ4v) is 3.38. The Hall–Kier alpha value is -3.66. The first-order valence-corrected chi connectivity index (χ1v) is 9.85. The molecular formula is C26H22O4. The lowest BCUT2D eigenvalue weighted by molar-refractivity contribution is 0.100. The first-order chi connectivity index (χ1) is 14.5. The highest BCUT2D eigenvalue weighted by atomic mass is 16.5. The molecular weight excluding hydrogens is 376 g/mol. The van der Waals surface area contributed by atoms with E-state index < -0.39 is 0 Å². The van der Waals surface area contributed by atoms with E-state index in [4.69, 9.17) is 9.47 Å². The van der Waals surface area contributed by atoms with Crippen LogP contribution in [-0.2, 0) is 0 Å². The number of ketones is 2. The number of carbonyl (C=O) groups is 2. The molecule has 150 valence electrons. The van der Waals surface area contributed by atoms with Crippen molar-refractivity contribution in [2.24, 2.45) is 0 Å². The predicted octanol–water partition coefficient (Wildman–Crippen LogP) is 5.86. The number of carbonyl (C=O) groups excluding carboxylic acids is 2. The third-order valence-corrected chi connectivity index (χ3v) is 5.06. The van der Waals surface area contributed by atoms with Crippen LogP contribution in [0.1, 0.15) is 34.6 Å². The van der Waals surface area contributed by atoms with Gasteiger partial charge in [0.05, 0.1) is 0 Å². The Morgan fingerprint density at radius 2 is 0.933 bits per heavy atom. The molecule has 0 radical (unpaired) electrons. The Balaban J connectivity index is 1.36. The Kier molecular flexibility index (Phi) is 5.48. The second-order valence-corrected chi connectivity index (χ2v) is 7.26. The van der Waals surface area contributed by atoms with Crippen LogP contribution in [-0.4, -0.2) is 24.8 Å². The van der Waals surface area contributed by atoms with Crippen molar-refractivity contribution in [3.8, 4) is 11.5 Å². The molecule has 0 aliphatic heterocycles. The van der Waals surface area contributed by atoms with Gasteiger partial charge in [0.1, 0.15) is 24.7 Å². The molecule has 0 aliphatic rings. The summed E-state index contributed by atoms with van der Waals surface area (Å²) in [7, 11) is 0. The van der Waals surface area contributed by atoms with E-state index in [1.54, 1.807) is 13.8 Å². The summed E-state index contributed by atoms with van der Waals surface area (Å²) in [4.78, 5) is 23.0. The van der Waals surface area contributed by atoms with E-state index in [-0.39, 0.29) is 11.6 Å². The molecule has 0 saturated heterocycles. The van der Waals surface area contributed by atoms with Crippen molar-refractivity contribution in [2.45, 2.75) is 13.8 Å². The van der Waals surface area contributed by atoms with Gasteiger partial charge in [0.2, 0.25) is 0 Å². The Morgan fingerprint density at radius 3 is 1.33 bits per heavy atom. The lowest BCUT2D eigenvalue weighted by Crippen LogP contribution is -2.09. The van der Waals surface area contributed by atoms with Crippen molar-refractivity contribution in [1.82, 2.24) is 0 Å². The zero-order valence-electron chi connectivity index (χ0n) is 17.0. The number of hydrogen-bond acceptors (Lipinski definition) is 4. The van der Waals surface area contributed by atoms with Gasteiger partial charge >= 0.3 is 0 Å². The molecule has 0 N–H and O–H groups in total. The molecule has 0 saturated carbocycles. The fourth-order valence-electron chi connectivity index (χ4n) is 3.38. The Labute approximate surface area is 175 Å². The third-order valence-electron chi connectivity index (χ3n) is 5.06. The number of ether oxygens (including phenoxy) is 2. The van der Waals surface area contributed by atoms with Gasteiger partial charge in [-0.05, 0) is 71.8 Å². The minimum atomic E-state index is 0.0577. The molecule has 4 aromatic rings. The van der Waals surface area contributed by atoms with Gasteiger partial charge < -0.3 is 9.47 Å². The largest absolute Gasteiger partial charge is 0.490 e. The molecule has 0 fully saturated rings. The number of Topliss-reactive ketones (excluding diaryl/α,β-unsaturated/α-hetero) is 2. The maximum Gasteiger partial charge on any atom is 0.159 e. The van der Waals surface area contributed by atoms with E-state index in [0.29, 0.717) is 24.3 Å². The van der Waals surface area contributed by atoms with Crippen LogP contribution < -0.4 is 9.47 Å². The summed E-state index contributed by atoms with van der Waals surface area (Å²) in [6.45, 7) is 3.96. The van der Waals surface area contributed by atoms with Crippen molar-refractivity contribution >= 4 is 33.1 Å². The molecule has 0 bridgehead atoms. The van der Waals surface area contributed by atoms with Crippen molar-refractivity contribution in [3.05, 3.63) is 83.9 Å². The quantitative estimate of drug-likeness (QED) is 0.289. The van der Waals surface area contributed by atoms with E-state index in [1.165, 1.54) is 0 Å². The molecule has 30 heavy (non-hydrogen) atoms. The Bertz CT molecular complexity index is 1160. The summed E-state index contributed by atoms with van der Waals surface area (Å²) in [6, 6.07) is 22.9. The molecule has 0 aliphatic carbocycles. The summed E-state index contributed by atoms with van der Waals surface area (Å²) >= 11 is 0. The van der Waals surface area contributed by atoms with Crippen LogP contribution in [0.3, 0.4) is 0 Å². The number of benzene rings is 4. The number of hydrogen-bond donors (Lipinski definition) is 0. The highest BCUT2D eigenvalue weighted by Crippen LogP contribution is 2.24. The van der Waals surface area contributed by atoms with E-state index in [2.05, 4.69) is 0 Å². The summed E-state index contributed by atoms with van der Waals surface area (Å²) in [5, 5.41) is 4.07. The molecule has 0 aromatic heterocycles. The second-order valence-electron chi connectivity index (χ2n) is 7.26. The van der Waals surface area contributed by atoms with Gasteiger partial charge in [0, 0.05) is 11.1 Å². The molecule has 0 amide bonds. The van der Waals surface area contributed by atoms with E-state index in [0.717, 1.165) is 33.0 Å². The van der Waals surface area contributed by atoms with Crippen molar-refractivity contribution in [3.63, 3.8) is 0 Å². The van der Waals surface area contributed by atoms with Crippen LogP contribution in [0, 0.1) is 0 Å². The average Bonchev–Trinajstić information content (AvgIpc) is 2.75. The van der Waals surface area contributed by atoms with Crippen LogP contribution in [0.2, 0.25) is 0 Å². The smallest absolute Gasteiger partial charge is 0.159 e. The van der Waals surface area contributed by atoms with Crippen molar-refractivity contribution in [2.75, 3.05) is 13.2 Å². The van der Waals surface area contributed by atoms with E-state index in [1.807, 2.05) is 72.8 Å². The molecule has 0 heterocycles. The fraction of sp³-hybridized carbons (Fsp3) is 0.154. The maximum atomic E-state index is 11.5. The molecule has 4 nitrogen and oxygen atoms in total. The molecule has 0 unspecified atom stereocenters. The van der Waals surface area contributed by atoms with Gasteiger partial charge in [-0.25, -0.2) is 0 Å². The lowest BCUT2D eigenvalue weighted by atomic mass is 10.0. The molecule has 0 atom stereocenters. The summed E-state index contributed by atoms with van der Waals surface area (Å²) in [6.07, 6.45) is 0. The summed E-state index contributed by atoms with van der Waals surface area (Å²) in [5.41, 5.74) is 1.41. The average molecular weight is 398 g/mol. The van der Waals surface area contributed by atoms with Crippen molar-refractivity contribution < 1.29 is 19.1 Å². The standard InChI is InChI=1S/C26H22O4/c1-17(27)19-3-5-23-15-25(9-7-21(23)13-19)29-11-12-30-26-10-8-22-14-20(18(2)28)4-6-24(22)16-26/h3-10,13-16H,11-12H2,1-2H3. The van der Waals surface area contributed by atoms with Crippen LogP contribution >= 0.6 is 0 Å². The van der Waals surface area contributed by atoms with Crippen LogP contribution in [0.15, 0.2) is 72.8 Å². The first-order valence-electron chi connectivity index (χ1n) is 9.85. The summed E-state index contributed by atoms with van der Waals surface area (Å²) < 4.78 is 11.6. The molecule has 4 heteroatoms. The van der Waals surface area contributed by atoms with Crippen LogP contribution in [0.5, 0.6) is 11.5 Å². The third kappa shape index (κ3) is 4.33. The lowest BCUT2D eigenvalue weighted by Gasteiger charge is -2.10. The van der Waals surface area contributed by atoms with Gasteiger partial charge in [-0.1, -0.05) is 36.4 Å². The normalized spacial score (nSPS) is 10.9. The van der Waals surface area contributed by atoms with Gasteiger partial charge in [-0.3, -0.25) is 9.59 Å². The van der Waals surface area contributed by atoms with Gasteiger partial charge in [0.25, 0.3) is 0 Å². The molecule has 4 rings (SSSR count). The SMILES string of the molecule is CC(=O)c1ccc2cc(OCCOc3ccc4cc(C(C)=O)ccc4c3)ccc2c1. The number of fused-ring (bicyclic) bond motifs is 2. The Morgan fingerprint density at radius 1 is 0.567 bits per heavy atom.